The molecule has 5 rings (SSSR count). The smallest absolute Gasteiger partial charge is 0.248 e. The van der Waals surface area contributed by atoms with Gasteiger partial charge in [-0.25, -0.2) is 0 Å². The van der Waals surface area contributed by atoms with Crippen molar-refractivity contribution < 1.29 is 14.3 Å². The summed E-state index contributed by atoms with van der Waals surface area (Å²) in [5.74, 6) is -0.206. The summed E-state index contributed by atoms with van der Waals surface area (Å²) >= 11 is 6.61. The average Bonchev–Trinajstić information content (AvgIpc) is 3.37. The Morgan fingerprint density at radius 2 is 1.89 bits per heavy atom. The van der Waals surface area contributed by atoms with E-state index in [9.17, 15) is 9.59 Å². The maximum atomic E-state index is 12.4. The Morgan fingerprint density at radius 3 is 2.60 bits per heavy atom. The predicted octanol–water partition coefficient (Wildman–Crippen LogP) is 4.71. The molecule has 0 aliphatic carbocycles. The van der Waals surface area contributed by atoms with Gasteiger partial charge in [0.05, 0.1) is 29.3 Å². The van der Waals surface area contributed by atoms with Gasteiger partial charge in [-0.05, 0) is 36.2 Å². The predicted molar refractivity (Wildman–Crippen MR) is 141 cm³/mol. The van der Waals surface area contributed by atoms with Crippen LogP contribution in [0.5, 0.6) is 0 Å². The Bertz CT molecular complexity index is 1080. The first-order valence-electron chi connectivity index (χ1n) is 12.3. The van der Waals surface area contributed by atoms with Gasteiger partial charge in [0.25, 0.3) is 0 Å². The van der Waals surface area contributed by atoms with Crippen molar-refractivity contribution in [1.29, 1.82) is 0 Å². The van der Waals surface area contributed by atoms with Gasteiger partial charge in [-0.3, -0.25) is 14.5 Å². The van der Waals surface area contributed by atoms with Crippen LogP contribution in [0.2, 0.25) is 5.02 Å². The van der Waals surface area contributed by atoms with Crippen molar-refractivity contribution in [3.8, 4) is 0 Å². The first kappa shape index (κ1) is 25.2. The summed E-state index contributed by atoms with van der Waals surface area (Å²) in [6.45, 7) is 8.44. The number of piperazine rings is 1. The number of halogens is 1. The van der Waals surface area contributed by atoms with Gasteiger partial charge >= 0.3 is 0 Å². The number of fused-ring (bicyclic) bond motifs is 1. The molecular weight excluding hydrogens is 464 g/mol. The van der Waals surface area contributed by atoms with E-state index in [-0.39, 0.29) is 23.8 Å². The van der Waals surface area contributed by atoms with Crippen LogP contribution in [0.4, 0.5) is 17.1 Å². The fourth-order valence-electron chi connectivity index (χ4n) is 4.71. The third-order valence-electron chi connectivity index (χ3n) is 6.53. The van der Waals surface area contributed by atoms with Gasteiger partial charge in [-0.2, -0.15) is 0 Å². The van der Waals surface area contributed by atoms with E-state index in [1.54, 1.807) is 6.08 Å². The Morgan fingerprint density at radius 1 is 1.11 bits per heavy atom. The summed E-state index contributed by atoms with van der Waals surface area (Å²) < 4.78 is 5.30. The van der Waals surface area contributed by atoms with Crippen LogP contribution >= 0.6 is 11.6 Å². The summed E-state index contributed by atoms with van der Waals surface area (Å²) in [6.07, 6.45) is 4.36. The number of para-hydroxylation sites is 1. The fourth-order valence-corrected chi connectivity index (χ4v) is 5.01. The first-order chi connectivity index (χ1) is 17.1. The second-order valence-electron chi connectivity index (χ2n) is 8.62. The molecule has 2 fully saturated rings. The number of anilines is 3. The van der Waals surface area contributed by atoms with Gasteiger partial charge in [0.1, 0.15) is 0 Å². The number of carbonyl (C=O) groups excluding carboxylic acids is 2. The molecule has 3 aliphatic heterocycles. The highest BCUT2D eigenvalue weighted by Crippen LogP contribution is 2.34. The van der Waals surface area contributed by atoms with Crippen LogP contribution in [-0.4, -0.2) is 56.1 Å². The summed E-state index contributed by atoms with van der Waals surface area (Å²) in [6, 6.07) is 13.7. The van der Waals surface area contributed by atoms with Crippen molar-refractivity contribution >= 4 is 40.5 Å². The zero-order valence-corrected chi connectivity index (χ0v) is 21.1. The lowest BCUT2D eigenvalue weighted by Gasteiger charge is -2.40. The number of nitrogens with one attached hydrogen (secondary N) is 2. The van der Waals surface area contributed by atoms with Crippen molar-refractivity contribution in [2.75, 3.05) is 54.9 Å². The number of rotatable bonds is 4. The Hall–Kier alpha value is -2.87. The van der Waals surface area contributed by atoms with E-state index >= 15 is 0 Å². The van der Waals surface area contributed by atoms with Crippen LogP contribution in [-0.2, 0) is 14.3 Å². The van der Waals surface area contributed by atoms with Gasteiger partial charge in [0, 0.05) is 50.2 Å². The number of hydrogen-bond donors (Lipinski definition) is 2. The topological polar surface area (TPSA) is 73.9 Å². The minimum absolute atomic E-state index is 0.0189. The maximum Gasteiger partial charge on any atom is 0.248 e. The molecule has 2 aromatic rings. The van der Waals surface area contributed by atoms with E-state index in [0.717, 1.165) is 49.5 Å². The first-order valence-corrected chi connectivity index (χ1v) is 12.7. The number of ether oxygens (including phenoxy) is 1. The largest absolute Gasteiger partial charge is 0.381 e. The lowest BCUT2D eigenvalue weighted by molar-refractivity contribution is -0.119. The van der Waals surface area contributed by atoms with Gasteiger partial charge in [0.15, 0.2) is 0 Å². The quantitative estimate of drug-likeness (QED) is 0.641. The van der Waals surface area contributed by atoms with Crippen LogP contribution in [0.25, 0.3) is 0 Å². The molecule has 186 valence electrons. The molecule has 2 atom stereocenters. The zero-order valence-electron chi connectivity index (χ0n) is 20.3. The van der Waals surface area contributed by atoms with Crippen molar-refractivity contribution in [2.45, 2.75) is 26.3 Å². The zero-order chi connectivity index (χ0) is 24.8. The summed E-state index contributed by atoms with van der Waals surface area (Å²) in [5.41, 5.74) is 3.65. The minimum Gasteiger partial charge on any atom is -0.381 e. The number of benzene rings is 2. The van der Waals surface area contributed by atoms with Gasteiger partial charge in [-0.1, -0.05) is 49.7 Å². The summed E-state index contributed by atoms with van der Waals surface area (Å²) in [4.78, 5) is 29.1. The SMILES string of the molecule is CC.O=C1C=CC(N2CCN(c3ccc(NC(=O)C4CCOC4)cc3Cl)CC2)c2ccccc2N1. The lowest BCUT2D eigenvalue weighted by atomic mass is 10.0. The second kappa shape index (κ2) is 11.7. The van der Waals surface area contributed by atoms with Crippen molar-refractivity contribution in [3.05, 3.63) is 65.2 Å². The van der Waals surface area contributed by atoms with E-state index in [4.69, 9.17) is 16.3 Å². The van der Waals surface area contributed by atoms with E-state index in [1.807, 2.05) is 56.3 Å². The van der Waals surface area contributed by atoms with Crippen LogP contribution in [0.1, 0.15) is 31.9 Å². The molecular formula is C27H33ClN4O3. The molecule has 0 radical (unpaired) electrons. The number of nitrogens with zero attached hydrogens (tertiary/aromatic N) is 2. The van der Waals surface area contributed by atoms with Gasteiger partial charge in [0.2, 0.25) is 11.8 Å². The molecule has 35 heavy (non-hydrogen) atoms. The average molecular weight is 497 g/mol. The van der Waals surface area contributed by atoms with Gasteiger partial charge in [-0.15, -0.1) is 0 Å². The minimum atomic E-state index is -0.0944. The van der Waals surface area contributed by atoms with E-state index in [1.165, 1.54) is 0 Å². The van der Waals surface area contributed by atoms with Crippen LogP contribution < -0.4 is 15.5 Å². The second-order valence-corrected chi connectivity index (χ2v) is 9.03. The summed E-state index contributed by atoms with van der Waals surface area (Å²) in [5, 5.41) is 6.53. The standard InChI is InChI=1S/C25H27ClN4O3.C2H6/c26-20-15-18(27-25(32)17-9-14-33-16-17)5-6-23(20)30-12-10-29(11-13-30)22-7-8-24(31)28-21-4-2-1-3-19(21)22;1-2/h1-8,15,17,22H,9-14,16H2,(H,27,32)(H,28,31);1-2H3. The van der Waals surface area contributed by atoms with Crippen molar-refractivity contribution in [3.63, 3.8) is 0 Å². The molecule has 0 bridgehead atoms. The van der Waals surface area contributed by atoms with Crippen LogP contribution in [0.15, 0.2) is 54.6 Å². The highest BCUT2D eigenvalue weighted by Gasteiger charge is 2.28. The molecule has 3 aliphatic rings. The highest BCUT2D eigenvalue weighted by molar-refractivity contribution is 6.33. The monoisotopic (exact) mass is 496 g/mol. The highest BCUT2D eigenvalue weighted by atomic mass is 35.5. The van der Waals surface area contributed by atoms with Gasteiger partial charge < -0.3 is 20.3 Å². The molecule has 8 heteroatoms. The summed E-state index contributed by atoms with van der Waals surface area (Å²) in [7, 11) is 0. The molecule has 0 saturated carbocycles. The van der Waals surface area contributed by atoms with Crippen LogP contribution in [0, 0.1) is 5.92 Å². The Kier molecular flexibility index (Phi) is 8.44. The van der Waals surface area contributed by atoms with Crippen molar-refractivity contribution in [2.24, 2.45) is 5.92 Å². The van der Waals surface area contributed by atoms with Crippen LogP contribution in [0.3, 0.4) is 0 Å². The van der Waals surface area contributed by atoms with Crippen molar-refractivity contribution in [1.82, 2.24) is 4.90 Å². The van der Waals surface area contributed by atoms with E-state index < -0.39 is 0 Å². The maximum absolute atomic E-state index is 12.4. The molecule has 7 nitrogen and oxygen atoms in total. The number of amides is 2. The number of carbonyl (C=O) groups is 2. The normalized spacial score (nSPS) is 21.9. The molecule has 2 N–H and O–H groups in total. The lowest BCUT2D eigenvalue weighted by Crippen LogP contribution is -2.47. The third kappa shape index (κ3) is 5.86. The molecule has 2 saturated heterocycles. The molecule has 2 unspecified atom stereocenters. The Labute approximate surface area is 212 Å². The van der Waals surface area contributed by atoms with E-state index in [0.29, 0.717) is 23.9 Å². The molecule has 3 heterocycles. The Balaban J connectivity index is 0.00000141. The third-order valence-corrected chi connectivity index (χ3v) is 6.83. The molecule has 0 aromatic heterocycles. The molecule has 2 amide bonds. The van der Waals surface area contributed by atoms with E-state index in [2.05, 4.69) is 26.5 Å². The molecule has 2 aromatic carbocycles. The molecule has 0 spiro atoms. The number of hydrogen-bond acceptors (Lipinski definition) is 5. The fraction of sp³-hybridized carbons (Fsp3) is 0.407.